The van der Waals surface area contributed by atoms with Crippen LogP contribution in [0.2, 0.25) is 0 Å². The first-order valence-corrected chi connectivity index (χ1v) is 2.93. The fourth-order valence-corrected chi connectivity index (χ4v) is 0.400. The minimum absolute atomic E-state index is 0.322. The van der Waals surface area contributed by atoms with Crippen LogP contribution in [0.3, 0.4) is 0 Å². The highest BCUT2D eigenvalue weighted by Crippen LogP contribution is 1.91. The summed E-state index contributed by atoms with van der Waals surface area (Å²) in [6.45, 7) is 3.39. The van der Waals surface area contributed by atoms with E-state index >= 15 is 0 Å². The molecule has 1 nitrogen and oxygen atoms in total. The molecular formula is C7H7ClO. The summed E-state index contributed by atoms with van der Waals surface area (Å²) in [7, 11) is 0. The van der Waals surface area contributed by atoms with Crippen LogP contribution in [0, 0.1) is 11.8 Å². The Bertz CT molecular complexity index is 161. The van der Waals surface area contributed by atoms with Gasteiger partial charge in [0.1, 0.15) is 0 Å². The van der Waals surface area contributed by atoms with Gasteiger partial charge in [-0.3, -0.25) is 4.79 Å². The van der Waals surface area contributed by atoms with E-state index in [1.165, 1.54) is 6.08 Å². The molecule has 0 fully saturated rings. The van der Waals surface area contributed by atoms with Crippen molar-refractivity contribution in [2.24, 2.45) is 0 Å². The van der Waals surface area contributed by atoms with Crippen molar-refractivity contribution in [1.29, 1.82) is 0 Å². The maximum Gasteiger partial charge on any atom is 0.222 e. The molecule has 0 aromatic carbocycles. The molecule has 2 heteroatoms. The van der Waals surface area contributed by atoms with E-state index in [0.717, 1.165) is 0 Å². The fourth-order valence-electron chi connectivity index (χ4n) is 0.305. The Morgan fingerprint density at radius 1 is 1.78 bits per heavy atom. The topological polar surface area (TPSA) is 17.1 Å². The number of allylic oxidation sites excluding steroid dienone is 1. The van der Waals surface area contributed by atoms with Crippen molar-refractivity contribution >= 4 is 16.8 Å². The van der Waals surface area contributed by atoms with Crippen LogP contribution < -0.4 is 0 Å². The molecule has 0 aliphatic carbocycles. The Balaban J connectivity index is 3.29. The molecule has 0 aromatic heterocycles. The van der Waals surface area contributed by atoms with E-state index in [0.29, 0.717) is 12.8 Å². The molecule has 9 heavy (non-hydrogen) atoms. The Kier molecular flexibility index (Phi) is 4.95. The van der Waals surface area contributed by atoms with E-state index in [1.54, 1.807) is 0 Å². The molecular weight excluding hydrogens is 136 g/mol. The largest absolute Gasteiger partial charge is 0.281 e. The first-order valence-electron chi connectivity index (χ1n) is 2.55. The molecule has 0 saturated heterocycles. The fraction of sp³-hybridized carbons (Fsp3) is 0.286. The summed E-state index contributed by atoms with van der Waals surface area (Å²) < 4.78 is 0. The van der Waals surface area contributed by atoms with Gasteiger partial charge < -0.3 is 0 Å². The molecule has 0 spiro atoms. The second-order valence-electron chi connectivity index (χ2n) is 1.38. The highest BCUT2D eigenvalue weighted by Gasteiger charge is 1.89. The van der Waals surface area contributed by atoms with Crippen molar-refractivity contribution in [2.75, 3.05) is 0 Å². The van der Waals surface area contributed by atoms with Crippen LogP contribution in [0.4, 0.5) is 0 Å². The van der Waals surface area contributed by atoms with Crippen LogP contribution in [0.15, 0.2) is 12.7 Å². The zero-order valence-electron chi connectivity index (χ0n) is 4.98. The molecule has 0 unspecified atom stereocenters. The molecule has 0 aromatic rings. The maximum absolute atomic E-state index is 10.1. The number of halogens is 1. The quantitative estimate of drug-likeness (QED) is 0.424. The number of hydrogen-bond acceptors (Lipinski definition) is 1. The first-order chi connectivity index (χ1) is 4.27. The van der Waals surface area contributed by atoms with Gasteiger partial charge in [-0.15, -0.1) is 0 Å². The van der Waals surface area contributed by atoms with Crippen LogP contribution >= 0.6 is 11.6 Å². The van der Waals surface area contributed by atoms with Crippen molar-refractivity contribution in [3.63, 3.8) is 0 Å². The summed E-state index contributed by atoms with van der Waals surface area (Å²) in [5, 5.41) is -0.339. The molecule has 48 valence electrons. The smallest absolute Gasteiger partial charge is 0.222 e. The van der Waals surface area contributed by atoms with E-state index in [4.69, 9.17) is 11.6 Å². The second-order valence-corrected chi connectivity index (χ2v) is 1.80. The lowest BCUT2D eigenvalue weighted by Crippen LogP contribution is -1.81. The molecule has 0 saturated carbocycles. The highest BCUT2D eigenvalue weighted by molar-refractivity contribution is 6.63. The lowest BCUT2D eigenvalue weighted by atomic mass is 10.3. The van der Waals surface area contributed by atoms with Crippen LogP contribution in [-0.2, 0) is 4.79 Å². The van der Waals surface area contributed by atoms with Crippen molar-refractivity contribution in [1.82, 2.24) is 0 Å². The number of carbonyl (C=O) groups is 1. The summed E-state index contributed by atoms with van der Waals surface area (Å²) in [6, 6.07) is 0. The van der Waals surface area contributed by atoms with Gasteiger partial charge >= 0.3 is 0 Å². The molecule has 0 aliphatic heterocycles. The maximum atomic E-state index is 10.1. The number of rotatable bonds is 2. The molecule has 0 atom stereocenters. The van der Waals surface area contributed by atoms with Gasteiger partial charge in [-0.25, -0.2) is 0 Å². The average molecular weight is 143 g/mol. The predicted molar refractivity (Wildman–Crippen MR) is 38.1 cm³/mol. The van der Waals surface area contributed by atoms with E-state index in [-0.39, 0.29) is 5.24 Å². The Labute approximate surface area is 59.7 Å². The normalized spacial score (nSPS) is 7.22. The molecule has 0 N–H and O–H groups in total. The lowest BCUT2D eigenvalue weighted by Gasteiger charge is -1.79. The Morgan fingerprint density at radius 2 is 2.44 bits per heavy atom. The first kappa shape index (κ1) is 8.26. The molecule has 0 rings (SSSR count). The van der Waals surface area contributed by atoms with Gasteiger partial charge in [0.2, 0.25) is 5.24 Å². The van der Waals surface area contributed by atoms with Crippen molar-refractivity contribution in [2.45, 2.75) is 12.8 Å². The van der Waals surface area contributed by atoms with Crippen LogP contribution in [0.5, 0.6) is 0 Å². The van der Waals surface area contributed by atoms with Gasteiger partial charge in [-0.05, 0) is 17.7 Å². The van der Waals surface area contributed by atoms with Gasteiger partial charge in [0.15, 0.2) is 0 Å². The zero-order valence-corrected chi connectivity index (χ0v) is 5.74. The average Bonchev–Trinajstić information content (AvgIpc) is 1.80. The van der Waals surface area contributed by atoms with Gasteiger partial charge in [0.05, 0.1) is 0 Å². The molecule has 0 heterocycles. The van der Waals surface area contributed by atoms with E-state index in [2.05, 4.69) is 18.4 Å². The summed E-state index contributed by atoms with van der Waals surface area (Å²) in [5.74, 6) is 5.30. The summed E-state index contributed by atoms with van der Waals surface area (Å²) >= 11 is 5.02. The molecule has 0 bridgehead atoms. The standard InChI is InChI=1S/C7H7ClO/c1-2-3-4-5-6-7(8)9/h2H,1,5-6H2. The molecule has 0 aliphatic rings. The monoisotopic (exact) mass is 142 g/mol. The van der Waals surface area contributed by atoms with Gasteiger partial charge in [-0.1, -0.05) is 18.4 Å². The minimum Gasteiger partial charge on any atom is -0.281 e. The number of hydrogen-bond donors (Lipinski definition) is 0. The molecule has 0 amide bonds. The van der Waals surface area contributed by atoms with E-state index in [9.17, 15) is 4.79 Å². The summed E-state index contributed by atoms with van der Waals surface area (Å²) in [5.41, 5.74) is 0. The second kappa shape index (κ2) is 5.40. The third-order valence-electron chi connectivity index (χ3n) is 0.651. The van der Waals surface area contributed by atoms with Crippen molar-refractivity contribution in [3.8, 4) is 11.8 Å². The highest BCUT2D eigenvalue weighted by atomic mass is 35.5. The zero-order chi connectivity index (χ0) is 7.11. The van der Waals surface area contributed by atoms with Crippen molar-refractivity contribution in [3.05, 3.63) is 12.7 Å². The van der Waals surface area contributed by atoms with Crippen LogP contribution in [0.1, 0.15) is 12.8 Å². The lowest BCUT2D eigenvalue weighted by molar-refractivity contribution is -0.111. The molecule has 0 radical (unpaired) electrons. The Morgan fingerprint density at radius 3 is 2.89 bits per heavy atom. The predicted octanol–water partition coefficient (Wildman–Crippen LogP) is 1.72. The summed E-state index contributed by atoms with van der Waals surface area (Å²) in [6.07, 6.45) is 2.33. The minimum atomic E-state index is -0.339. The SMILES string of the molecule is C=CC#CCCC(=O)Cl. The third-order valence-corrected chi connectivity index (χ3v) is 0.840. The third kappa shape index (κ3) is 7.26. The number of carbonyl (C=O) groups excluding carboxylic acids is 1. The van der Waals surface area contributed by atoms with E-state index in [1.807, 2.05) is 0 Å². The van der Waals surface area contributed by atoms with Gasteiger partial charge in [0, 0.05) is 12.8 Å². The van der Waals surface area contributed by atoms with Gasteiger partial charge in [0.25, 0.3) is 0 Å². The van der Waals surface area contributed by atoms with Crippen LogP contribution in [-0.4, -0.2) is 5.24 Å². The van der Waals surface area contributed by atoms with Crippen LogP contribution in [0.25, 0.3) is 0 Å². The van der Waals surface area contributed by atoms with Gasteiger partial charge in [-0.2, -0.15) is 0 Å². The Hall–Kier alpha value is -0.740. The summed E-state index contributed by atoms with van der Waals surface area (Å²) in [4.78, 5) is 10.1. The van der Waals surface area contributed by atoms with Crippen molar-refractivity contribution < 1.29 is 4.79 Å². The van der Waals surface area contributed by atoms with E-state index < -0.39 is 0 Å².